The quantitative estimate of drug-likeness (QED) is 0.888. The second-order valence-corrected chi connectivity index (χ2v) is 5.37. The summed E-state index contributed by atoms with van der Waals surface area (Å²) in [6.45, 7) is 2.76. The average Bonchev–Trinajstić information content (AvgIpc) is 2.43. The maximum Gasteiger partial charge on any atom is 0.125 e. The van der Waals surface area contributed by atoms with Crippen LogP contribution in [0, 0.1) is 6.92 Å². The van der Waals surface area contributed by atoms with Crippen LogP contribution < -0.4 is 10.5 Å². The van der Waals surface area contributed by atoms with Crippen LogP contribution in [-0.2, 0) is 11.2 Å². The molecule has 0 bridgehead atoms. The van der Waals surface area contributed by atoms with Gasteiger partial charge in [0.15, 0.2) is 0 Å². The number of para-hydroxylation sites is 1. The Hall–Kier alpha value is -1.06. The molecule has 2 N–H and O–H groups in total. The van der Waals surface area contributed by atoms with Crippen LogP contribution in [0.15, 0.2) is 18.2 Å². The molecular weight excluding hydrogens is 238 g/mol. The number of benzene rings is 1. The predicted octanol–water partition coefficient (Wildman–Crippen LogP) is 2.83. The second-order valence-electron chi connectivity index (χ2n) is 5.37. The molecule has 2 rings (SSSR count). The summed E-state index contributed by atoms with van der Waals surface area (Å²) in [6.07, 6.45) is 5.94. The van der Waals surface area contributed by atoms with Crippen molar-refractivity contribution < 1.29 is 9.47 Å². The number of ether oxygens (including phenoxy) is 2. The topological polar surface area (TPSA) is 44.5 Å². The van der Waals surface area contributed by atoms with E-state index in [9.17, 15) is 0 Å². The Morgan fingerprint density at radius 2 is 2.05 bits per heavy atom. The van der Waals surface area contributed by atoms with E-state index in [-0.39, 0.29) is 6.10 Å². The van der Waals surface area contributed by atoms with Gasteiger partial charge in [-0.3, -0.25) is 0 Å². The van der Waals surface area contributed by atoms with Gasteiger partial charge in [-0.05, 0) is 50.3 Å². The molecule has 0 aromatic heterocycles. The monoisotopic (exact) mass is 263 g/mol. The number of methoxy groups -OCH3 is 1. The first-order valence-corrected chi connectivity index (χ1v) is 7.22. The molecule has 3 nitrogen and oxygen atoms in total. The minimum absolute atomic E-state index is 0.274. The first-order valence-electron chi connectivity index (χ1n) is 7.22. The molecule has 106 valence electrons. The van der Waals surface area contributed by atoms with Crippen molar-refractivity contribution in [2.75, 3.05) is 13.7 Å². The first kappa shape index (κ1) is 14.4. The molecule has 0 radical (unpaired) electrons. The molecule has 2 unspecified atom stereocenters. The van der Waals surface area contributed by atoms with E-state index in [1.165, 1.54) is 17.5 Å². The summed E-state index contributed by atoms with van der Waals surface area (Å²) in [5, 5.41) is 0. The Morgan fingerprint density at radius 3 is 2.79 bits per heavy atom. The molecule has 1 aliphatic carbocycles. The number of nitrogens with two attached hydrogens (primary N) is 1. The van der Waals surface area contributed by atoms with Gasteiger partial charge in [0.05, 0.1) is 6.10 Å². The van der Waals surface area contributed by atoms with Crippen molar-refractivity contribution in [3.63, 3.8) is 0 Å². The van der Waals surface area contributed by atoms with Gasteiger partial charge in [-0.2, -0.15) is 0 Å². The lowest BCUT2D eigenvalue weighted by Crippen LogP contribution is -2.30. The lowest BCUT2D eigenvalue weighted by molar-refractivity contribution is 0.0204. The maximum atomic E-state index is 6.27. The van der Waals surface area contributed by atoms with Gasteiger partial charge in [-0.1, -0.05) is 18.2 Å². The zero-order chi connectivity index (χ0) is 13.7. The van der Waals surface area contributed by atoms with E-state index < -0.39 is 0 Å². The molecule has 3 heteroatoms. The SMILES string of the molecule is COC1CCCC(Oc2c(C)cccc2CCN)C1. The summed E-state index contributed by atoms with van der Waals surface area (Å²) >= 11 is 0. The number of hydrogen-bond donors (Lipinski definition) is 1. The maximum absolute atomic E-state index is 6.27. The molecule has 0 aliphatic heterocycles. The third kappa shape index (κ3) is 3.71. The van der Waals surface area contributed by atoms with E-state index in [1.54, 1.807) is 7.11 Å². The Balaban J connectivity index is 2.09. The Kier molecular flexibility index (Phi) is 5.23. The number of aryl methyl sites for hydroxylation is 1. The number of hydrogen-bond acceptors (Lipinski definition) is 3. The van der Waals surface area contributed by atoms with E-state index in [0.29, 0.717) is 12.6 Å². The van der Waals surface area contributed by atoms with Crippen molar-refractivity contribution in [1.29, 1.82) is 0 Å². The fourth-order valence-corrected chi connectivity index (χ4v) is 2.82. The van der Waals surface area contributed by atoms with Gasteiger partial charge in [0.1, 0.15) is 11.9 Å². The molecule has 0 amide bonds. The Labute approximate surface area is 116 Å². The summed E-state index contributed by atoms with van der Waals surface area (Å²) in [4.78, 5) is 0. The fourth-order valence-electron chi connectivity index (χ4n) is 2.82. The number of rotatable bonds is 5. The van der Waals surface area contributed by atoms with Crippen LogP contribution in [0.25, 0.3) is 0 Å². The molecule has 1 fully saturated rings. The summed E-state index contributed by atoms with van der Waals surface area (Å²) in [5.74, 6) is 1.04. The van der Waals surface area contributed by atoms with Crippen molar-refractivity contribution in [2.24, 2.45) is 5.73 Å². The highest BCUT2D eigenvalue weighted by Crippen LogP contribution is 2.30. The van der Waals surface area contributed by atoms with E-state index in [2.05, 4.69) is 25.1 Å². The smallest absolute Gasteiger partial charge is 0.125 e. The first-order chi connectivity index (χ1) is 9.24. The van der Waals surface area contributed by atoms with Crippen LogP contribution in [-0.4, -0.2) is 25.9 Å². The lowest BCUT2D eigenvalue weighted by atomic mass is 9.94. The molecular formula is C16H25NO2. The highest BCUT2D eigenvalue weighted by molar-refractivity contribution is 5.41. The van der Waals surface area contributed by atoms with E-state index in [4.69, 9.17) is 15.2 Å². The van der Waals surface area contributed by atoms with Gasteiger partial charge in [0.2, 0.25) is 0 Å². The van der Waals surface area contributed by atoms with Crippen LogP contribution in [0.1, 0.15) is 36.8 Å². The third-order valence-corrected chi connectivity index (χ3v) is 3.90. The van der Waals surface area contributed by atoms with Crippen LogP contribution in [0.3, 0.4) is 0 Å². The Morgan fingerprint density at radius 1 is 1.26 bits per heavy atom. The van der Waals surface area contributed by atoms with Gasteiger partial charge in [0.25, 0.3) is 0 Å². The summed E-state index contributed by atoms with van der Waals surface area (Å²) in [5.41, 5.74) is 8.10. The predicted molar refractivity (Wildman–Crippen MR) is 77.6 cm³/mol. The van der Waals surface area contributed by atoms with Crippen molar-refractivity contribution >= 4 is 0 Å². The van der Waals surface area contributed by atoms with Gasteiger partial charge < -0.3 is 15.2 Å². The minimum Gasteiger partial charge on any atom is -0.490 e. The summed E-state index contributed by atoms with van der Waals surface area (Å²) in [7, 11) is 1.79. The minimum atomic E-state index is 0.274. The van der Waals surface area contributed by atoms with E-state index in [0.717, 1.165) is 31.4 Å². The zero-order valence-corrected chi connectivity index (χ0v) is 12.0. The molecule has 0 heterocycles. The van der Waals surface area contributed by atoms with Gasteiger partial charge in [-0.25, -0.2) is 0 Å². The molecule has 19 heavy (non-hydrogen) atoms. The van der Waals surface area contributed by atoms with Crippen LogP contribution in [0.5, 0.6) is 5.75 Å². The fraction of sp³-hybridized carbons (Fsp3) is 0.625. The van der Waals surface area contributed by atoms with E-state index >= 15 is 0 Å². The second kappa shape index (κ2) is 6.92. The van der Waals surface area contributed by atoms with Gasteiger partial charge in [0, 0.05) is 13.5 Å². The molecule has 2 atom stereocenters. The molecule has 1 aromatic carbocycles. The summed E-state index contributed by atoms with van der Waals surface area (Å²) in [6, 6.07) is 6.30. The lowest BCUT2D eigenvalue weighted by Gasteiger charge is -2.30. The molecule has 1 aromatic rings. The standard InChI is InChI=1S/C16H25NO2/c1-12-5-3-6-13(9-10-17)16(12)19-15-8-4-7-14(11-15)18-2/h3,5-6,14-15H,4,7-11,17H2,1-2H3. The molecule has 1 saturated carbocycles. The highest BCUT2D eigenvalue weighted by Gasteiger charge is 2.24. The summed E-state index contributed by atoms with van der Waals surface area (Å²) < 4.78 is 11.7. The highest BCUT2D eigenvalue weighted by atomic mass is 16.5. The zero-order valence-electron chi connectivity index (χ0n) is 12.0. The average molecular weight is 263 g/mol. The third-order valence-electron chi connectivity index (χ3n) is 3.90. The Bertz CT molecular complexity index is 406. The van der Waals surface area contributed by atoms with Crippen LogP contribution >= 0.6 is 0 Å². The molecule has 1 aliphatic rings. The molecule has 0 saturated heterocycles. The van der Waals surface area contributed by atoms with Crippen LogP contribution in [0.2, 0.25) is 0 Å². The largest absolute Gasteiger partial charge is 0.490 e. The van der Waals surface area contributed by atoms with Gasteiger partial charge in [-0.15, -0.1) is 0 Å². The van der Waals surface area contributed by atoms with Gasteiger partial charge >= 0.3 is 0 Å². The van der Waals surface area contributed by atoms with Crippen molar-refractivity contribution in [3.05, 3.63) is 29.3 Å². The van der Waals surface area contributed by atoms with Crippen molar-refractivity contribution in [2.45, 2.75) is 51.2 Å². The molecule has 0 spiro atoms. The van der Waals surface area contributed by atoms with E-state index in [1.807, 2.05) is 0 Å². The van der Waals surface area contributed by atoms with Crippen LogP contribution in [0.4, 0.5) is 0 Å². The van der Waals surface area contributed by atoms with Crippen molar-refractivity contribution in [1.82, 2.24) is 0 Å². The van der Waals surface area contributed by atoms with Crippen molar-refractivity contribution in [3.8, 4) is 5.75 Å². The normalized spacial score (nSPS) is 23.3.